The van der Waals surface area contributed by atoms with Crippen molar-refractivity contribution < 1.29 is 0 Å². The van der Waals surface area contributed by atoms with Gasteiger partial charge < -0.3 is 11.5 Å². The van der Waals surface area contributed by atoms with E-state index in [9.17, 15) is 0 Å². The quantitative estimate of drug-likeness (QED) is 0.288. The van der Waals surface area contributed by atoms with E-state index in [0.717, 1.165) is 12.8 Å². The Labute approximate surface area is 78.4 Å². The molecule has 0 aliphatic heterocycles. The fourth-order valence-corrected chi connectivity index (χ4v) is 1.09. The van der Waals surface area contributed by atoms with E-state index in [4.69, 9.17) is 22.3 Å². The molecule has 0 spiro atoms. The third-order valence-electron chi connectivity index (χ3n) is 1.75. The molecule has 0 bridgehead atoms. The number of hydrogen-bond acceptors (Lipinski definition) is 2. The molecule has 0 aromatic carbocycles. The van der Waals surface area contributed by atoms with Gasteiger partial charge in [-0.3, -0.25) is 15.7 Å². The Balaban J connectivity index is 4.28. The molecule has 0 heterocycles. The molecule has 0 saturated heterocycles. The summed E-state index contributed by atoms with van der Waals surface area (Å²) in [5.74, 6) is -0.381. The van der Waals surface area contributed by atoms with Gasteiger partial charge in [-0.15, -0.1) is 6.58 Å². The van der Waals surface area contributed by atoms with Crippen molar-refractivity contribution in [3.8, 4) is 0 Å². The average molecular weight is 183 g/mol. The highest BCUT2D eigenvalue weighted by Crippen LogP contribution is 2.05. The molecule has 0 aliphatic carbocycles. The second-order valence-corrected chi connectivity index (χ2v) is 2.86. The minimum Gasteiger partial charge on any atom is -0.370 e. The number of nitrogens with zero attached hydrogens (tertiary/aromatic N) is 1. The summed E-state index contributed by atoms with van der Waals surface area (Å²) in [6, 6.07) is -0.0343. The molecule has 0 fully saturated rings. The van der Waals surface area contributed by atoms with Gasteiger partial charge in [-0.2, -0.15) is 0 Å². The summed E-state index contributed by atoms with van der Waals surface area (Å²) in [6.07, 6.45) is 3.38. The Kier molecular flexibility index (Phi) is 4.58. The molecular formula is C8H17N5. The molecule has 13 heavy (non-hydrogen) atoms. The normalized spacial score (nSPS) is 11.8. The molecule has 5 heteroatoms. The Morgan fingerprint density at radius 1 is 1.46 bits per heavy atom. The zero-order valence-corrected chi connectivity index (χ0v) is 7.88. The summed E-state index contributed by atoms with van der Waals surface area (Å²) in [7, 11) is 0. The topological polar surface area (TPSA) is 103 Å². The standard InChI is InChI=1S/C8H17N5/c1-3-4-5-6(2)13(7(9)10)8(11)12/h3,6H,1,4-5H2,2H3,(H3,9,10)(H3,11,12). The molecule has 0 aliphatic rings. The van der Waals surface area contributed by atoms with Crippen LogP contribution in [0, 0.1) is 10.8 Å². The Bertz CT molecular complexity index is 197. The Morgan fingerprint density at radius 2 is 1.92 bits per heavy atom. The molecule has 0 saturated carbocycles. The predicted octanol–water partition coefficient (Wildman–Crippen LogP) is 0.430. The zero-order valence-electron chi connectivity index (χ0n) is 7.88. The smallest absolute Gasteiger partial charge is 0.195 e. The first kappa shape index (κ1) is 11.5. The maximum atomic E-state index is 7.20. The van der Waals surface area contributed by atoms with Crippen molar-refractivity contribution in [2.75, 3.05) is 0 Å². The van der Waals surface area contributed by atoms with Crippen molar-refractivity contribution in [1.82, 2.24) is 4.90 Å². The molecule has 0 rings (SSSR count). The first-order valence-corrected chi connectivity index (χ1v) is 4.08. The molecule has 74 valence electrons. The number of guanidine groups is 2. The van der Waals surface area contributed by atoms with Crippen LogP contribution in [0.25, 0.3) is 0 Å². The van der Waals surface area contributed by atoms with Crippen LogP contribution in [0.3, 0.4) is 0 Å². The van der Waals surface area contributed by atoms with Crippen LogP contribution >= 0.6 is 0 Å². The van der Waals surface area contributed by atoms with Crippen LogP contribution in [0.5, 0.6) is 0 Å². The highest BCUT2D eigenvalue weighted by molar-refractivity contribution is 5.94. The minimum absolute atomic E-state index is 0.0343. The third-order valence-corrected chi connectivity index (χ3v) is 1.75. The van der Waals surface area contributed by atoms with Crippen molar-refractivity contribution in [3.63, 3.8) is 0 Å². The van der Waals surface area contributed by atoms with E-state index in [1.54, 1.807) is 6.08 Å². The third kappa shape index (κ3) is 3.59. The average Bonchev–Trinajstić information content (AvgIpc) is 1.99. The van der Waals surface area contributed by atoms with Crippen LogP contribution in [0.4, 0.5) is 0 Å². The van der Waals surface area contributed by atoms with Gasteiger partial charge >= 0.3 is 0 Å². The Morgan fingerprint density at radius 3 is 2.23 bits per heavy atom. The first-order chi connectivity index (χ1) is 6.00. The lowest BCUT2D eigenvalue weighted by molar-refractivity contribution is 0.428. The SMILES string of the molecule is C=CCCC(C)N(C(=N)N)C(=N)N. The second-order valence-electron chi connectivity index (χ2n) is 2.86. The summed E-state index contributed by atoms with van der Waals surface area (Å²) in [5.41, 5.74) is 10.5. The highest BCUT2D eigenvalue weighted by atomic mass is 15.3. The van der Waals surface area contributed by atoms with Crippen LogP contribution in [0.1, 0.15) is 19.8 Å². The van der Waals surface area contributed by atoms with Gasteiger partial charge in [0.2, 0.25) is 0 Å². The lowest BCUT2D eigenvalue weighted by Crippen LogP contribution is -2.49. The van der Waals surface area contributed by atoms with Gasteiger partial charge in [-0.1, -0.05) is 6.08 Å². The van der Waals surface area contributed by atoms with Gasteiger partial charge in [0, 0.05) is 6.04 Å². The molecule has 5 nitrogen and oxygen atoms in total. The van der Waals surface area contributed by atoms with Crippen molar-refractivity contribution in [3.05, 3.63) is 12.7 Å². The van der Waals surface area contributed by atoms with E-state index >= 15 is 0 Å². The molecule has 1 unspecified atom stereocenters. The number of allylic oxidation sites excluding steroid dienone is 1. The zero-order chi connectivity index (χ0) is 10.4. The molecule has 1 atom stereocenters. The minimum atomic E-state index is -0.191. The van der Waals surface area contributed by atoms with Crippen LogP contribution in [-0.2, 0) is 0 Å². The maximum Gasteiger partial charge on any atom is 0.195 e. The molecule has 0 radical (unpaired) electrons. The van der Waals surface area contributed by atoms with Gasteiger partial charge in [0.05, 0.1) is 0 Å². The van der Waals surface area contributed by atoms with E-state index in [0.29, 0.717) is 0 Å². The van der Waals surface area contributed by atoms with Crippen molar-refractivity contribution in [2.24, 2.45) is 11.5 Å². The molecule has 0 amide bonds. The van der Waals surface area contributed by atoms with Crippen LogP contribution in [0.2, 0.25) is 0 Å². The first-order valence-electron chi connectivity index (χ1n) is 4.08. The summed E-state index contributed by atoms with van der Waals surface area (Å²) in [5, 5.41) is 14.4. The Hall–Kier alpha value is -1.52. The summed E-state index contributed by atoms with van der Waals surface area (Å²) < 4.78 is 0. The fraction of sp³-hybridized carbons (Fsp3) is 0.500. The summed E-state index contributed by atoms with van der Waals surface area (Å²) >= 11 is 0. The van der Waals surface area contributed by atoms with Gasteiger partial charge in [0.15, 0.2) is 11.9 Å². The van der Waals surface area contributed by atoms with Gasteiger partial charge in [-0.05, 0) is 19.8 Å². The fourth-order valence-electron chi connectivity index (χ4n) is 1.09. The highest BCUT2D eigenvalue weighted by Gasteiger charge is 2.16. The van der Waals surface area contributed by atoms with Gasteiger partial charge in [0.1, 0.15) is 0 Å². The second kappa shape index (κ2) is 5.18. The van der Waals surface area contributed by atoms with E-state index in [1.807, 2.05) is 6.92 Å². The number of rotatable bonds is 4. The van der Waals surface area contributed by atoms with Crippen LogP contribution in [0.15, 0.2) is 12.7 Å². The number of hydrogen-bond donors (Lipinski definition) is 4. The van der Waals surface area contributed by atoms with Crippen molar-refractivity contribution in [1.29, 1.82) is 10.8 Å². The lowest BCUT2D eigenvalue weighted by atomic mass is 10.1. The summed E-state index contributed by atoms with van der Waals surface area (Å²) in [6.45, 7) is 5.46. The van der Waals surface area contributed by atoms with Crippen LogP contribution < -0.4 is 11.5 Å². The summed E-state index contributed by atoms with van der Waals surface area (Å²) in [4.78, 5) is 1.28. The molecule has 6 N–H and O–H groups in total. The predicted molar refractivity (Wildman–Crippen MR) is 54.6 cm³/mol. The molecule has 0 aromatic rings. The molecule has 0 aromatic heterocycles. The molecular weight excluding hydrogens is 166 g/mol. The van der Waals surface area contributed by atoms with Gasteiger partial charge in [-0.25, -0.2) is 0 Å². The van der Waals surface area contributed by atoms with Gasteiger partial charge in [0.25, 0.3) is 0 Å². The number of nitrogens with one attached hydrogen (secondary N) is 2. The van der Waals surface area contributed by atoms with E-state index in [2.05, 4.69) is 6.58 Å². The van der Waals surface area contributed by atoms with E-state index in [1.165, 1.54) is 4.90 Å². The largest absolute Gasteiger partial charge is 0.370 e. The van der Waals surface area contributed by atoms with E-state index in [-0.39, 0.29) is 18.0 Å². The van der Waals surface area contributed by atoms with E-state index < -0.39 is 0 Å². The lowest BCUT2D eigenvalue weighted by Gasteiger charge is -2.27. The number of nitrogens with two attached hydrogens (primary N) is 2. The van der Waals surface area contributed by atoms with Crippen LogP contribution in [-0.4, -0.2) is 22.9 Å². The van der Waals surface area contributed by atoms with Crippen molar-refractivity contribution in [2.45, 2.75) is 25.8 Å². The van der Waals surface area contributed by atoms with Crippen molar-refractivity contribution >= 4 is 11.9 Å². The monoisotopic (exact) mass is 183 g/mol. The maximum absolute atomic E-state index is 7.20.